The molecule has 1 rings (SSSR count). The first-order valence-corrected chi connectivity index (χ1v) is 5.34. The van der Waals surface area contributed by atoms with Gasteiger partial charge < -0.3 is 0 Å². The summed E-state index contributed by atoms with van der Waals surface area (Å²) >= 11 is 3.42. The zero-order chi connectivity index (χ0) is 9.68. The molecule has 13 heavy (non-hydrogen) atoms. The summed E-state index contributed by atoms with van der Waals surface area (Å²) < 4.78 is 0. The van der Waals surface area contributed by atoms with Gasteiger partial charge in [0, 0.05) is 16.8 Å². The van der Waals surface area contributed by atoms with E-state index in [2.05, 4.69) is 22.9 Å². The summed E-state index contributed by atoms with van der Waals surface area (Å²) in [6.45, 7) is 2.05. The van der Waals surface area contributed by atoms with E-state index in [1.165, 1.54) is 0 Å². The van der Waals surface area contributed by atoms with E-state index in [9.17, 15) is 4.79 Å². The fourth-order valence-corrected chi connectivity index (χ4v) is 1.33. The van der Waals surface area contributed by atoms with E-state index in [1.807, 2.05) is 30.3 Å². The van der Waals surface area contributed by atoms with Gasteiger partial charge in [0.25, 0.3) is 0 Å². The average molecular weight is 241 g/mol. The van der Waals surface area contributed by atoms with Gasteiger partial charge in [-0.25, -0.2) is 0 Å². The van der Waals surface area contributed by atoms with Gasteiger partial charge in [0.15, 0.2) is 5.78 Å². The molecule has 1 atom stereocenters. The molecule has 1 unspecified atom stereocenters. The van der Waals surface area contributed by atoms with Gasteiger partial charge in [-0.15, -0.1) is 0 Å². The summed E-state index contributed by atoms with van der Waals surface area (Å²) in [5.74, 6) is 0.229. The summed E-state index contributed by atoms with van der Waals surface area (Å²) in [5, 5.41) is 0. The van der Waals surface area contributed by atoms with Gasteiger partial charge in [-0.05, 0) is 6.42 Å². The van der Waals surface area contributed by atoms with Crippen LogP contribution in [-0.2, 0) is 0 Å². The molecule has 1 aromatic rings. The fourth-order valence-electron chi connectivity index (χ4n) is 1.10. The van der Waals surface area contributed by atoms with E-state index in [1.54, 1.807) is 0 Å². The molecule has 0 amide bonds. The second-order valence-electron chi connectivity index (χ2n) is 3.11. The van der Waals surface area contributed by atoms with Gasteiger partial charge >= 0.3 is 0 Å². The number of carbonyl (C=O) groups excluding carboxylic acids is 1. The van der Waals surface area contributed by atoms with E-state index in [4.69, 9.17) is 0 Å². The van der Waals surface area contributed by atoms with Crippen LogP contribution in [0.25, 0.3) is 0 Å². The minimum absolute atomic E-state index is 0.229. The van der Waals surface area contributed by atoms with Crippen LogP contribution < -0.4 is 0 Å². The smallest absolute Gasteiger partial charge is 0.162 e. The highest BCUT2D eigenvalue weighted by molar-refractivity contribution is 9.09. The molecule has 0 aliphatic rings. The Kier molecular flexibility index (Phi) is 4.16. The average Bonchev–Trinajstić information content (AvgIpc) is 2.15. The molecule has 1 nitrogen and oxygen atoms in total. The van der Waals surface area contributed by atoms with Crippen LogP contribution in [-0.4, -0.2) is 10.6 Å². The summed E-state index contributed by atoms with van der Waals surface area (Å²) in [6.07, 6.45) is 1.52. The summed E-state index contributed by atoms with van der Waals surface area (Å²) in [7, 11) is 0. The zero-order valence-corrected chi connectivity index (χ0v) is 9.25. The van der Waals surface area contributed by atoms with E-state index in [0.717, 1.165) is 12.0 Å². The summed E-state index contributed by atoms with van der Waals surface area (Å²) in [6, 6.07) is 9.43. The highest BCUT2D eigenvalue weighted by Crippen LogP contribution is 2.10. The molecule has 0 radical (unpaired) electrons. The lowest BCUT2D eigenvalue weighted by molar-refractivity contribution is 0.0980. The van der Waals surface area contributed by atoms with Gasteiger partial charge in [0.2, 0.25) is 0 Å². The van der Waals surface area contributed by atoms with Crippen LogP contribution in [0.3, 0.4) is 0 Å². The lowest BCUT2D eigenvalue weighted by Crippen LogP contribution is -2.01. The van der Waals surface area contributed by atoms with E-state index in [-0.39, 0.29) is 5.78 Å². The molecule has 0 aromatic heterocycles. The first-order chi connectivity index (χ1) is 6.20. The Morgan fingerprint density at radius 2 is 2.00 bits per heavy atom. The molecule has 0 saturated carbocycles. The maximum atomic E-state index is 11.5. The van der Waals surface area contributed by atoms with Gasteiger partial charge in [0.05, 0.1) is 0 Å². The van der Waals surface area contributed by atoms with Crippen LogP contribution in [0.1, 0.15) is 30.1 Å². The van der Waals surface area contributed by atoms with Crippen molar-refractivity contribution in [3.05, 3.63) is 35.9 Å². The topological polar surface area (TPSA) is 17.1 Å². The molecule has 0 spiro atoms. The van der Waals surface area contributed by atoms with Crippen molar-refractivity contribution in [1.82, 2.24) is 0 Å². The molecular formula is C11H13BrO. The molecule has 0 N–H and O–H groups in total. The van der Waals surface area contributed by atoms with E-state index < -0.39 is 0 Å². The maximum Gasteiger partial charge on any atom is 0.162 e. The van der Waals surface area contributed by atoms with Crippen molar-refractivity contribution in [2.75, 3.05) is 0 Å². The second kappa shape index (κ2) is 5.18. The third-order valence-corrected chi connectivity index (χ3v) is 2.32. The van der Waals surface area contributed by atoms with Crippen LogP contribution in [0.5, 0.6) is 0 Å². The van der Waals surface area contributed by atoms with Gasteiger partial charge in [0.1, 0.15) is 0 Å². The number of halogens is 1. The quantitative estimate of drug-likeness (QED) is 0.583. The zero-order valence-electron chi connectivity index (χ0n) is 7.66. The maximum absolute atomic E-state index is 11.5. The van der Waals surface area contributed by atoms with Crippen LogP contribution in [0, 0.1) is 0 Å². The molecule has 0 aliphatic heterocycles. The standard InChI is InChI=1S/C11H13BrO/c1-9(12)7-8-11(13)10-5-3-2-4-6-10/h2-6,9H,7-8H2,1H3. The lowest BCUT2D eigenvalue weighted by Gasteiger charge is -2.02. The van der Waals surface area contributed by atoms with Crippen LogP contribution in [0.15, 0.2) is 30.3 Å². The number of hydrogen-bond donors (Lipinski definition) is 0. The third-order valence-electron chi connectivity index (χ3n) is 1.86. The molecule has 0 bridgehead atoms. The number of carbonyl (C=O) groups is 1. The van der Waals surface area contributed by atoms with Crippen molar-refractivity contribution >= 4 is 21.7 Å². The second-order valence-corrected chi connectivity index (χ2v) is 4.67. The molecule has 70 valence electrons. The third kappa shape index (κ3) is 3.73. The molecular weight excluding hydrogens is 228 g/mol. The summed E-state index contributed by atoms with van der Waals surface area (Å²) in [4.78, 5) is 11.9. The van der Waals surface area contributed by atoms with Crippen molar-refractivity contribution in [3.8, 4) is 0 Å². The number of benzene rings is 1. The molecule has 1 aromatic carbocycles. The number of Topliss-reactive ketones (excluding diaryl/α,β-unsaturated/α-hetero) is 1. The highest BCUT2D eigenvalue weighted by Gasteiger charge is 2.05. The predicted octanol–water partition coefficient (Wildman–Crippen LogP) is 3.43. The first kappa shape index (κ1) is 10.5. The minimum atomic E-state index is 0.229. The van der Waals surface area contributed by atoms with Crippen molar-refractivity contribution < 1.29 is 4.79 Å². The fraction of sp³-hybridized carbons (Fsp3) is 0.364. The molecule has 0 saturated heterocycles. The largest absolute Gasteiger partial charge is 0.294 e. The number of alkyl halides is 1. The van der Waals surface area contributed by atoms with Gasteiger partial charge in [-0.2, -0.15) is 0 Å². The lowest BCUT2D eigenvalue weighted by atomic mass is 10.1. The number of rotatable bonds is 4. The Balaban J connectivity index is 2.50. The Bertz CT molecular complexity index is 267. The van der Waals surface area contributed by atoms with Crippen molar-refractivity contribution in [1.29, 1.82) is 0 Å². The monoisotopic (exact) mass is 240 g/mol. The van der Waals surface area contributed by atoms with Crippen LogP contribution >= 0.6 is 15.9 Å². The predicted molar refractivity (Wildman–Crippen MR) is 58.4 cm³/mol. The van der Waals surface area contributed by atoms with Crippen molar-refractivity contribution in [3.63, 3.8) is 0 Å². The van der Waals surface area contributed by atoms with E-state index >= 15 is 0 Å². The van der Waals surface area contributed by atoms with Gasteiger partial charge in [-0.1, -0.05) is 53.2 Å². The first-order valence-electron chi connectivity index (χ1n) is 4.42. The molecule has 0 fully saturated rings. The number of hydrogen-bond acceptors (Lipinski definition) is 1. The molecule has 0 heterocycles. The molecule has 2 heteroatoms. The van der Waals surface area contributed by atoms with Crippen LogP contribution in [0.2, 0.25) is 0 Å². The Hall–Kier alpha value is -0.630. The highest BCUT2D eigenvalue weighted by atomic mass is 79.9. The van der Waals surface area contributed by atoms with Crippen molar-refractivity contribution in [2.24, 2.45) is 0 Å². The van der Waals surface area contributed by atoms with Crippen molar-refractivity contribution in [2.45, 2.75) is 24.6 Å². The molecule has 0 aliphatic carbocycles. The minimum Gasteiger partial charge on any atom is -0.294 e. The van der Waals surface area contributed by atoms with Crippen LogP contribution in [0.4, 0.5) is 0 Å². The van der Waals surface area contributed by atoms with Gasteiger partial charge in [-0.3, -0.25) is 4.79 Å². The summed E-state index contributed by atoms with van der Waals surface area (Å²) in [5.41, 5.74) is 0.815. The Labute approximate surface area is 87.3 Å². The van der Waals surface area contributed by atoms with E-state index in [0.29, 0.717) is 11.2 Å². The SMILES string of the molecule is CC(Br)CCC(=O)c1ccccc1. The Morgan fingerprint density at radius 3 is 2.54 bits per heavy atom. The Morgan fingerprint density at radius 1 is 1.38 bits per heavy atom. The number of ketones is 1. The normalized spacial score (nSPS) is 12.5.